The van der Waals surface area contributed by atoms with Crippen LogP contribution in [0, 0.1) is 5.92 Å². The number of alkyl halides is 2. The van der Waals surface area contributed by atoms with Crippen LogP contribution in [0.15, 0.2) is 0 Å². The van der Waals surface area contributed by atoms with Crippen molar-refractivity contribution < 1.29 is 9.90 Å². The van der Waals surface area contributed by atoms with Gasteiger partial charge >= 0.3 is 5.97 Å². The van der Waals surface area contributed by atoms with Crippen LogP contribution in [-0.4, -0.2) is 46.9 Å². The Morgan fingerprint density at radius 1 is 1.12 bits per heavy atom. The second-order valence-electron chi connectivity index (χ2n) is 4.69. The predicted octanol–water partition coefficient (Wildman–Crippen LogP) is 2.80. The van der Waals surface area contributed by atoms with Crippen LogP contribution in [0.1, 0.15) is 32.1 Å². The second-order valence-corrected chi connectivity index (χ2v) is 5.44. The standard InChI is InChI=1S/C12H21Cl2NO2/c13-5-7-15(8-6-14)11-3-1-10(2-4-11)9-12(16)17/h10-11H,1-9H2,(H,16,17). The molecule has 0 atom stereocenters. The summed E-state index contributed by atoms with van der Waals surface area (Å²) in [5.41, 5.74) is 0. The summed E-state index contributed by atoms with van der Waals surface area (Å²) in [6, 6.07) is 0.539. The Balaban J connectivity index is 2.35. The summed E-state index contributed by atoms with van der Waals surface area (Å²) in [4.78, 5) is 13.0. The third-order valence-electron chi connectivity index (χ3n) is 3.54. The molecule has 0 aromatic rings. The lowest BCUT2D eigenvalue weighted by Crippen LogP contribution is -2.40. The van der Waals surface area contributed by atoms with Gasteiger partial charge in [-0.05, 0) is 31.6 Å². The van der Waals surface area contributed by atoms with E-state index in [2.05, 4.69) is 4.90 Å². The minimum atomic E-state index is -0.674. The maximum Gasteiger partial charge on any atom is 0.303 e. The highest BCUT2D eigenvalue weighted by Gasteiger charge is 2.26. The zero-order valence-electron chi connectivity index (χ0n) is 10.1. The van der Waals surface area contributed by atoms with Gasteiger partial charge in [0.15, 0.2) is 0 Å². The average Bonchev–Trinajstić information content (AvgIpc) is 2.29. The van der Waals surface area contributed by atoms with Crippen molar-refractivity contribution in [1.29, 1.82) is 0 Å². The van der Waals surface area contributed by atoms with Gasteiger partial charge in [-0.15, -0.1) is 23.2 Å². The summed E-state index contributed by atoms with van der Waals surface area (Å²) in [5, 5.41) is 8.76. The van der Waals surface area contributed by atoms with Crippen molar-refractivity contribution in [2.45, 2.75) is 38.1 Å². The number of nitrogens with zero attached hydrogens (tertiary/aromatic N) is 1. The highest BCUT2D eigenvalue weighted by Crippen LogP contribution is 2.29. The van der Waals surface area contributed by atoms with Gasteiger partial charge in [-0.2, -0.15) is 0 Å². The van der Waals surface area contributed by atoms with E-state index in [1.54, 1.807) is 0 Å². The molecule has 1 fully saturated rings. The molecule has 1 saturated carbocycles. The first kappa shape index (κ1) is 15.1. The Hall–Kier alpha value is 0.01000. The number of rotatable bonds is 7. The summed E-state index contributed by atoms with van der Waals surface area (Å²) in [6.45, 7) is 1.76. The van der Waals surface area contributed by atoms with Gasteiger partial charge in [-0.1, -0.05) is 0 Å². The molecule has 1 aliphatic rings. The fourth-order valence-corrected chi connectivity index (χ4v) is 3.09. The molecule has 5 heteroatoms. The van der Waals surface area contributed by atoms with Gasteiger partial charge < -0.3 is 5.11 Å². The highest BCUT2D eigenvalue weighted by atomic mass is 35.5. The Morgan fingerprint density at radius 2 is 1.65 bits per heavy atom. The van der Waals surface area contributed by atoms with E-state index in [0.717, 1.165) is 38.8 Å². The number of halogens is 2. The molecule has 0 aliphatic heterocycles. The third kappa shape index (κ3) is 5.45. The maximum atomic E-state index is 10.6. The Bertz CT molecular complexity index is 225. The largest absolute Gasteiger partial charge is 0.481 e. The van der Waals surface area contributed by atoms with Crippen molar-refractivity contribution >= 4 is 29.2 Å². The van der Waals surface area contributed by atoms with E-state index in [4.69, 9.17) is 28.3 Å². The number of carboxylic acid groups (broad SMARTS) is 1. The summed E-state index contributed by atoms with van der Waals surface area (Å²) >= 11 is 11.6. The number of carbonyl (C=O) groups is 1. The zero-order valence-corrected chi connectivity index (χ0v) is 11.6. The SMILES string of the molecule is O=C(O)CC1CCC(N(CCCl)CCCl)CC1. The fourth-order valence-electron chi connectivity index (χ4n) is 2.66. The van der Waals surface area contributed by atoms with Gasteiger partial charge in [-0.25, -0.2) is 0 Å². The van der Waals surface area contributed by atoms with Crippen molar-refractivity contribution in [3.8, 4) is 0 Å². The number of hydrogen-bond acceptors (Lipinski definition) is 2. The molecule has 0 spiro atoms. The van der Waals surface area contributed by atoms with Crippen LogP contribution < -0.4 is 0 Å². The molecule has 1 aliphatic carbocycles. The molecule has 0 amide bonds. The van der Waals surface area contributed by atoms with E-state index in [9.17, 15) is 4.79 Å². The maximum absolute atomic E-state index is 10.6. The molecular formula is C12H21Cl2NO2. The molecule has 0 saturated heterocycles. The van der Waals surface area contributed by atoms with Gasteiger partial charge in [0, 0.05) is 37.3 Å². The molecule has 1 N–H and O–H groups in total. The Labute approximate surface area is 113 Å². The molecule has 0 aromatic carbocycles. The van der Waals surface area contributed by atoms with Gasteiger partial charge in [0.1, 0.15) is 0 Å². The molecule has 0 radical (unpaired) electrons. The zero-order chi connectivity index (χ0) is 12.7. The molecular weight excluding hydrogens is 261 g/mol. The van der Waals surface area contributed by atoms with Gasteiger partial charge in [0.05, 0.1) is 0 Å². The summed E-state index contributed by atoms with van der Waals surface area (Å²) in [6.07, 6.45) is 4.49. The molecule has 0 heterocycles. The van der Waals surface area contributed by atoms with Crippen LogP contribution >= 0.6 is 23.2 Å². The van der Waals surface area contributed by atoms with E-state index in [1.165, 1.54) is 0 Å². The lowest BCUT2D eigenvalue weighted by Gasteiger charge is -2.36. The molecule has 17 heavy (non-hydrogen) atoms. The minimum Gasteiger partial charge on any atom is -0.481 e. The first-order chi connectivity index (χ1) is 8.17. The van der Waals surface area contributed by atoms with Crippen LogP contribution in [-0.2, 0) is 4.79 Å². The Morgan fingerprint density at radius 3 is 2.06 bits per heavy atom. The lowest BCUT2D eigenvalue weighted by atomic mass is 9.83. The normalized spacial score (nSPS) is 25.1. The van der Waals surface area contributed by atoms with Gasteiger partial charge in [0.25, 0.3) is 0 Å². The number of hydrogen-bond donors (Lipinski definition) is 1. The van der Waals surface area contributed by atoms with Crippen molar-refractivity contribution in [2.75, 3.05) is 24.8 Å². The molecule has 0 unspecified atom stereocenters. The van der Waals surface area contributed by atoms with Crippen LogP contribution in [0.2, 0.25) is 0 Å². The molecule has 3 nitrogen and oxygen atoms in total. The number of aliphatic carboxylic acids is 1. The summed E-state index contributed by atoms with van der Waals surface area (Å²) in [7, 11) is 0. The van der Waals surface area contributed by atoms with E-state index in [1.807, 2.05) is 0 Å². The van der Waals surface area contributed by atoms with Crippen molar-refractivity contribution in [3.63, 3.8) is 0 Å². The fraction of sp³-hybridized carbons (Fsp3) is 0.917. The van der Waals surface area contributed by atoms with Crippen LogP contribution in [0.4, 0.5) is 0 Å². The predicted molar refractivity (Wildman–Crippen MR) is 71.0 cm³/mol. The average molecular weight is 282 g/mol. The van der Waals surface area contributed by atoms with Crippen molar-refractivity contribution in [2.24, 2.45) is 5.92 Å². The smallest absolute Gasteiger partial charge is 0.303 e. The van der Waals surface area contributed by atoms with Crippen LogP contribution in [0.5, 0.6) is 0 Å². The molecule has 1 rings (SSSR count). The molecule has 0 bridgehead atoms. The molecule has 0 aromatic heterocycles. The highest BCUT2D eigenvalue weighted by molar-refractivity contribution is 6.18. The van der Waals surface area contributed by atoms with Crippen LogP contribution in [0.3, 0.4) is 0 Å². The minimum absolute atomic E-state index is 0.317. The van der Waals surface area contributed by atoms with Gasteiger partial charge in [0.2, 0.25) is 0 Å². The van der Waals surface area contributed by atoms with E-state index < -0.39 is 5.97 Å². The second kappa shape index (κ2) is 8.17. The first-order valence-electron chi connectivity index (χ1n) is 6.25. The summed E-state index contributed by atoms with van der Waals surface area (Å²) in [5.74, 6) is 0.946. The van der Waals surface area contributed by atoms with Crippen molar-refractivity contribution in [3.05, 3.63) is 0 Å². The third-order valence-corrected chi connectivity index (χ3v) is 3.88. The summed E-state index contributed by atoms with van der Waals surface area (Å²) < 4.78 is 0. The Kier molecular flexibility index (Phi) is 7.24. The van der Waals surface area contributed by atoms with Gasteiger partial charge in [-0.3, -0.25) is 9.69 Å². The van der Waals surface area contributed by atoms with Crippen LogP contribution in [0.25, 0.3) is 0 Å². The quantitative estimate of drug-likeness (QED) is 0.730. The first-order valence-corrected chi connectivity index (χ1v) is 7.32. The molecule has 100 valence electrons. The van der Waals surface area contributed by atoms with E-state index >= 15 is 0 Å². The topological polar surface area (TPSA) is 40.5 Å². The number of carboxylic acids is 1. The van der Waals surface area contributed by atoms with E-state index in [0.29, 0.717) is 30.1 Å². The monoisotopic (exact) mass is 281 g/mol. The lowest BCUT2D eigenvalue weighted by molar-refractivity contribution is -0.138. The van der Waals surface area contributed by atoms with E-state index in [-0.39, 0.29) is 0 Å². The van der Waals surface area contributed by atoms with Crippen molar-refractivity contribution in [1.82, 2.24) is 4.90 Å².